The Balaban J connectivity index is 1.96. The number of alkyl halides is 3. The zero-order valence-corrected chi connectivity index (χ0v) is 12.6. The van der Waals surface area contributed by atoms with Gasteiger partial charge in [-0.25, -0.2) is 0 Å². The molecular formula is C17H17F3N2O. The maximum Gasteiger partial charge on any atom is 0.416 e. The van der Waals surface area contributed by atoms with E-state index in [0.29, 0.717) is 6.61 Å². The van der Waals surface area contributed by atoms with E-state index in [0.717, 1.165) is 29.9 Å². The number of hydrogen-bond donors (Lipinski definition) is 1. The first-order chi connectivity index (χ1) is 11.0. The summed E-state index contributed by atoms with van der Waals surface area (Å²) < 4.78 is 43.3. The van der Waals surface area contributed by atoms with Crippen LogP contribution in [0.5, 0.6) is 5.75 Å². The van der Waals surface area contributed by atoms with Gasteiger partial charge in [0.1, 0.15) is 5.75 Å². The highest BCUT2D eigenvalue weighted by molar-refractivity contribution is 5.80. The van der Waals surface area contributed by atoms with Crippen LogP contribution in [0.2, 0.25) is 0 Å². The van der Waals surface area contributed by atoms with Crippen molar-refractivity contribution in [1.29, 1.82) is 0 Å². The Bertz CT molecular complexity index is 652. The Morgan fingerprint density at radius 2 is 1.87 bits per heavy atom. The SMILES string of the molecule is CCCOc1ccc(C=NNc2cccc(C(F)(F)F)c2)cc1. The number of rotatable bonds is 6. The average molecular weight is 322 g/mol. The van der Waals surface area contributed by atoms with E-state index in [1.807, 2.05) is 31.2 Å². The predicted molar refractivity (Wildman–Crippen MR) is 84.9 cm³/mol. The molecule has 122 valence electrons. The molecule has 0 aromatic heterocycles. The van der Waals surface area contributed by atoms with Crippen molar-refractivity contribution in [3.8, 4) is 5.75 Å². The minimum Gasteiger partial charge on any atom is -0.494 e. The van der Waals surface area contributed by atoms with Gasteiger partial charge >= 0.3 is 6.18 Å². The lowest BCUT2D eigenvalue weighted by molar-refractivity contribution is -0.137. The molecule has 0 spiro atoms. The van der Waals surface area contributed by atoms with Gasteiger partial charge in [-0.15, -0.1) is 0 Å². The molecule has 0 amide bonds. The number of anilines is 1. The lowest BCUT2D eigenvalue weighted by Gasteiger charge is -2.08. The van der Waals surface area contributed by atoms with Gasteiger partial charge in [0.2, 0.25) is 0 Å². The normalized spacial score (nSPS) is 11.7. The molecule has 23 heavy (non-hydrogen) atoms. The van der Waals surface area contributed by atoms with E-state index < -0.39 is 11.7 Å². The van der Waals surface area contributed by atoms with Crippen LogP contribution < -0.4 is 10.2 Å². The summed E-state index contributed by atoms with van der Waals surface area (Å²) in [6.07, 6.45) is -1.90. The Kier molecular flexibility index (Phi) is 5.62. The van der Waals surface area contributed by atoms with Crippen molar-refractivity contribution in [3.05, 3.63) is 59.7 Å². The third-order valence-corrected chi connectivity index (χ3v) is 2.95. The third-order valence-electron chi connectivity index (χ3n) is 2.95. The number of nitrogens with zero attached hydrogens (tertiary/aromatic N) is 1. The molecule has 0 aliphatic heterocycles. The van der Waals surface area contributed by atoms with Gasteiger partial charge in [-0.05, 0) is 54.4 Å². The fraction of sp³-hybridized carbons (Fsp3) is 0.235. The number of halogens is 3. The van der Waals surface area contributed by atoms with Crippen molar-refractivity contribution in [2.75, 3.05) is 12.0 Å². The predicted octanol–water partition coefficient (Wildman–Crippen LogP) is 4.94. The molecule has 0 saturated carbocycles. The van der Waals surface area contributed by atoms with Crippen molar-refractivity contribution in [3.63, 3.8) is 0 Å². The van der Waals surface area contributed by atoms with E-state index in [1.54, 1.807) is 0 Å². The first-order valence-corrected chi connectivity index (χ1v) is 7.18. The fourth-order valence-corrected chi connectivity index (χ4v) is 1.82. The fourth-order valence-electron chi connectivity index (χ4n) is 1.82. The molecule has 2 rings (SSSR count). The van der Waals surface area contributed by atoms with E-state index in [-0.39, 0.29) is 5.69 Å². The average Bonchev–Trinajstić information content (AvgIpc) is 2.54. The topological polar surface area (TPSA) is 33.6 Å². The lowest BCUT2D eigenvalue weighted by atomic mass is 10.2. The molecule has 0 heterocycles. The minimum atomic E-state index is -4.37. The highest BCUT2D eigenvalue weighted by Gasteiger charge is 2.30. The summed E-state index contributed by atoms with van der Waals surface area (Å²) >= 11 is 0. The number of nitrogens with one attached hydrogen (secondary N) is 1. The van der Waals surface area contributed by atoms with Gasteiger partial charge in [0.05, 0.1) is 24.1 Å². The molecule has 6 heteroatoms. The quantitative estimate of drug-likeness (QED) is 0.603. The number of benzene rings is 2. The molecule has 0 saturated heterocycles. The van der Waals surface area contributed by atoms with Crippen molar-refractivity contribution in [2.45, 2.75) is 19.5 Å². The standard InChI is InChI=1S/C17H17F3N2O/c1-2-10-23-16-8-6-13(7-9-16)12-21-22-15-5-3-4-14(11-15)17(18,19)20/h3-9,11-12,22H,2,10H2,1H3. The molecule has 0 radical (unpaired) electrons. The van der Waals surface area contributed by atoms with Crippen LogP contribution >= 0.6 is 0 Å². The smallest absolute Gasteiger partial charge is 0.416 e. The molecule has 2 aromatic carbocycles. The maximum atomic E-state index is 12.6. The van der Waals surface area contributed by atoms with Crippen LogP contribution in [-0.4, -0.2) is 12.8 Å². The van der Waals surface area contributed by atoms with Gasteiger partial charge in [-0.3, -0.25) is 5.43 Å². The summed E-state index contributed by atoms with van der Waals surface area (Å²) in [6, 6.07) is 12.2. The number of hydrogen-bond acceptors (Lipinski definition) is 3. The van der Waals surface area contributed by atoms with Gasteiger partial charge in [0.25, 0.3) is 0 Å². The number of ether oxygens (including phenoxy) is 1. The molecule has 0 unspecified atom stereocenters. The van der Waals surface area contributed by atoms with E-state index in [2.05, 4.69) is 10.5 Å². The second-order valence-electron chi connectivity index (χ2n) is 4.87. The van der Waals surface area contributed by atoms with Crippen LogP contribution in [0.15, 0.2) is 53.6 Å². The molecule has 0 atom stereocenters. The first kappa shape index (κ1) is 16.9. The summed E-state index contributed by atoms with van der Waals surface area (Å²) in [4.78, 5) is 0. The van der Waals surface area contributed by atoms with E-state index in [1.165, 1.54) is 18.3 Å². The monoisotopic (exact) mass is 322 g/mol. The molecule has 0 aliphatic carbocycles. The summed E-state index contributed by atoms with van der Waals surface area (Å²) in [6.45, 7) is 2.69. The highest BCUT2D eigenvalue weighted by atomic mass is 19.4. The summed E-state index contributed by atoms with van der Waals surface area (Å²) in [5.41, 5.74) is 2.97. The zero-order valence-electron chi connectivity index (χ0n) is 12.6. The summed E-state index contributed by atoms with van der Waals surface area (Å²) in [5.74, 6) is 0.773. The molecule has 2 aromatic rings. The Hall–Kier alpha value is -2.50. The van der Waals surface area contributed by atoms with Gasteiger partial charge in [-0.1, -0.05) is 13.0 Å². The Labute approximate surface area is 132 Å². The first-order valence-electron chi connectivity index (χ1n) is 7.18. The number of hydrazone groups is 1. The Morgan fingerprint density at radius 3 is 2.52 bits per heavy atom. The van der Waals surface area contributed by atoms with Gasteiger partial charge in [0.15, 0.2) is 0 Å². The summed E-state index contributed by atoms with van der Waals surface area (Å²) in [7, 11) is 0. The van der Waals surface area contributed by atoms with E-state index in [9.17, 15) is 13.2 Å². The van der Waals surface area contributed by atoms with Crippen molar-refractivity contribution in [1.82, 2.24) is 0 Å². The third kappa shape index (κ3) is 5.32. The lowest BCUT2D eigenvalue weighted by Crippen LogP contribution is -2.05. The van der Waals surface area contributed by atoms with Gasteiger partial charge in [-0.2, -0.15) is 18.3 Å². The van der Waals surface area contributed by atoms with Crippen LogP contribution in [0.25, 0.3) is 0 Å². The minimum absolute atomic E-state index is 0.277. The van der Waals surface area contributed by atoms with Crippen LogP contribution in [0.4, 0.5) is 18.9 Å². The van der Waals surface area contributed by atoms with Crippen molar-refractivity contribution in [2.24, 2.45) is 5.10 Å². The van der Waals surface area contributed by atoms with Crippen LogP contribution in [-0.2, 0) is 6.18 Å². The molecule has 0 aliphatic rings. The zero-order chi connectivity index (χ0) is 16.7. The largest absolute Gasteiger partial charge is 0.494 e. The second kappa shape index (κ2) is 7.67. The maximum absolute atomic E-state index is 12.6. The molecule has 0 bridgehead atoms. The highest BCUT2D eigenvalue weighted by Crippen LogP contribution is 2.30. The van der Waals surface area contributed by atoms with Crippen molar-refractivity contribution < 1.29 is 17.9 Å². The van der Waals surface area contributed by atoms with Crippen LogP contribution in [0.1, 0.15) is 24.5 Å². The molecule has 3 nitrogen and oxygen atoms in total. The van der Waals surface area contributed by atoms with E-state index in [4.69, 9.17) is 4.74 Å². The molecule has 1 N–H and O–H groups in total. The van der Waals surface area contributed by atoms with Crippen molar-refractivity contribution >= 4 is 11.9 Å². The van der Waals surface area contributed by atoms with E-state index >= 15 is 0 Å². The summed E-state index contributed by atoms with van der Waals surface area (Å²) in [5, 5.41) is 3.94. The van der Waals surface area contributed by atoms with Gasteiger partial charge < -0.3 is 4.74 Å². The molecule has 0 fully saturated rings. The second-order valence-corrected chi connectivity index (χ2v) is 4.87. The Morgan fingerprint density at radius 1 is 1.13 bits per heavy atom. The van der Waals surface area contributed by atoms with Crippen LogP contribution in [0.3, 0.4) is 0 Å². The van der Waals surface area contributed by atoms with Crippen LogP contribution in [0, 0.1) is 0 Å². The van der Waals surface area contributed by atoms with Gasteiger partial charge in [0, 0.05) is 0 Å². The molecular weight excluding hydrogens is 305 g/mol.